The van der Waals surface area contributed by atoms with Crippen LogP contribution in [0.15, 0.2) is 23.2 Å². The SMILES string of the molecule is CCC(C)C1NC(=O)CNC(=O)C(Cc2c(SC)[nH]c3cc(O)ccc23)NC(=O)C([C@@H](C)C(C)O)NC(=O)C2CCCN2C(=O)C(CC(=O)NCCCCCCN)NC(=O)CNC(=O)CNC1=O. The number of carbonyl (C=O) groups excluding carboxylic acids is 9. The summed E-state index contributed by atoms with van der Waals surface area (Å²) in [6, 6.07) is -2.08. The third kappa shape index (κ3) is 15.6. The number of H-pyrrole nitrogens is 1. The van der Waals surface area contributed by atoms with Crippen molar-refractivity contribution in [3.63, 3.8) is 0 Å². The van der Waals surface area contributed by atoms with Crippen molar-refractivity contribution in [1.29, 1.82) is 0 Å². The quantitative estimate of drug-likeness (QED) is 0.0717. The molecule has 2 aliphatic rings. The van der Waals surface area contributed by atoms with Gasteiger partial charge in [0, 0.05) is 36.9 Å². The highest BCUT2D eigenvalue weighted by molar-refractivity contribution is 7.98. The summed E-state index contributed by atoms with van der Waals surface area (Å²) in [6.45, 7) is 5.46. The van der Waals surface area contributed by atoms with E-state index >= 15 is 0 Å². The molecule has 0 radical (unpaired) electrons. The van der Waals surface area contributed by atoms with Crippen LogP contribution in [-0.2, 0) is 49.6 Å². The van der Waals surface area contributed by atoms with Crippen LogP contribution in [0.1, 0.15) is 84.6 Å². The number of hydrogen-bond donors (Lipinski definition) is 12. The predicted molar refractivity (Wildman–Crippen MR) is 252 cm³/mol. The standard InChI is InChI=1S/C45H69N11O11S/c1-6-24(2)38-42(65)50-21-35(60)48-22-36(61)51-32(20-34(59)47-16-10-8-7-9-15-46)45(67)56-17-11-12-33(56)41(64)55-39(25(3)26(4)57)43(66)52-31(40(63)49-23-37(62)54-38)19-29-28-14-13-27(58)18-30(28)53-44(29)68-5/h13-14,18,24-26,31-33,38-39,53,57-58H,6-12,15-17,19-23,46H2,1-5H3,(H,47,59)(H,48,60)(H,49,63)(H,50,65)(H,51,61)(H,52,66)(H,54,62)(H,55,64)/t24?,25-,26?,31?,32?,33?,38?,39?/m0/s1. The molecule has 9 amide bonds. The average molecular weight is 972 g/mol. The molecule has 13 N–H and O–H groups in total. The van der Waals surface area contributed by atoms with Gasteiger partial charge in [-0.05, 0) is 69.0 Å². The highest BCUT2D eigenvalue weighted by atomic mass is 32.2. The van der Waals surface area contributed by atoms with Gasteiger partial charge in [-0.2, -0.15) is 0 Å². The number of rotatable bonds is 15. The van der Waals surface area contributed by atoms with Crippen LogP contribution in [0.5, 0.6) is 5.75 Å². The second-order valence-electron chi connectivity index (χ2n) is 17.4. The summed E-state index contributed by atoms with van der Waals surface area (Å²) in [5.41, 5.74) is 6.71. The summed E-state index contributed by atoms with van der Waals surface area (Å²) in [7, 11) is 0. The molecule has 0 saturated carbocycles. The molecule has 0 aliphatic carbocycles. The Morgan fingerprint density at radius 2 is 1.50 bits per heavy atom. The number of aromatic nitrogens is 1. The number of benzene rings is 1. The number of unbranched alkanes of at least 4 members (excludes halogenated alkanes) is 3. The normalized spacial score (nSPS) is 23.4. The lowest BCUT2D eigenvalue weighted by molar-refractivity contribution is -0.143. The molecular weight excluding hydrogens is 903 g/mol. The zero-order chi connectivity index (χ0) is 50.1. The van der Waals surface area contributed by atoms with Gasteiger partial charge in [-0.15, -0.1) is 11.8 Å². The fourth-order valence-corrected chi connectivity index (χ4v) is 8.68. The number of phenols is 1. The van der Waals surface area contributed by atoms with Crippen molar-refractivity contribution in [3.8, 4) is 5.75 Å². The van der Waals surface area contributed by atoms with Crippen molar-refractivity contribution in [2.75, 3.05) is 45.5 Å². The van der Waals surface area contributed by atoms with Crippen molar-refractivity contribution in [2.24, 2.45) is 17.6 Å². The first kappa shape index (κ1) is 54.7. The first-order valence-electron chi connectivity index (χ1n) is 23.2. The van der Waals surface area contributed by atoms with Crippen LogP contribution in [0.2, 0.25) is 0 Å². The number of amides is 9. The number of fused-ring (bicyclic) bond motifs is 2. The lowest BCUT2D eigenvalue weighted by Gasteiger charge is -2.32. The van der Waals surface area contributed by atoms with Gasteiger partial charge in [0.1, 0.15) is 36.0 Å². The Morgan fingerprint density at radius 1 is 0.824 bits per heavy atom. The third-order valence-electron chi connectivity index (χ3n) is 12.4. The molecule has 2 saturated heterocycles. The minimum absolute atomic E-state index is 0.0123. The van der Waals surface area contributed by atoms with E-state index in [1.165, 1.54) is 42.6 Å². The van der Waals surface area contributed by atoms with Gasteiger partial charge in [0.2, 0.25) is 53.2 Å². The third-order valence-corrected chi connectivity index (χ3v) is 13.1. The summed E-state index contributed by atoms with van der Waals surface area (Å²) in [5, 5.41) is 42.9. The van der Waals surface area contributed by atoms with E-state index in [0.29, 0.717) is 53.8 Å². The molecule has 0 bridgehead atoms. The Morgan fingerprint density at radius 3 is 2.19 bits per heavy atom. The summed E-state index contributed by atoms with van der Waals surface area (Å²) in [4.78, 5) is 128. The van der Waals surface area contributed by atoms with Gasteiger partial charge in [0.05, 0.1) is 42.7 Å². The predicted octanol–water partition coefficient (Wildman–Crippen LogP) is -1.48. The number of aromatic hydroxyl groups is 1. The monoisotopic (exact) mass is 971 g/mol. The van der Waals surface area contributed by atoms with Crippen LogP contribution in [0, 0.1) is 11.8 Å². The van der Waals surface area contributed by atoms with Crippen molar-refractivity contribution >= 4 is 75.8 Å². The van der Waals surface area contributed by atoms with Gasteiger partial charge in [0.25, 0.3) is 0 Å². The molecular formula is C45H69N11O11S. The molecule has 1 aromatic carbocycles. The summed E-state index contributed by atoms with van der Waals surface area (Å²) < 4.78 is 0. The average Bonchev–Trinajstić information content (AvgIpc) is 3.94. The number of hydrogen-bond acceptors (Lipinski definition) is 13. The van der Waals surface area contributed by atoms with Crippen molar-refractivity contribution in [1.82, 2.24) is 52.4 Å². The van der Waals surface area contributed by atoms with E-state index in [4.69, 9.17) is 5.73 Å². The first-order chi connectivity index (χ1) is 32.4. The van der Waals surface area contributed by atoms with Crippen molar-refractivity contribution < 1.29 is 53.4 Å². The van der Waals surface area contributed by atoms with E-state index in [1.807, 2.05) is 0 Å². The second-order valence-corrected chi connectivity index (χ2v) is 18.2. The van der Waals surface area contributed by atoms with Gasteiger partial charge in [-0.3, -0.25) is 43.2 Å². The largest absolute Gasteiger partial charge is 0.508 e. The number of nitrogens with two attached hydrogens (primary N) is 1. The smallest absolute Gasteiger partial charge is 0.246 e. The highest BCUT2D eigenvalue weighted by Crippen LogP contribution is 2.32. The summed E-state index contributed by atoms with van der Waals surface area (Å²) in [6.07, 6.45) is 4.05. The van der Waals surface area contributed by atoms with E-state index in [-0.39, 0.29) is 25.1 Å². The van der Waals surface area contributed by atoms with Crippen LogP contribution in [0.4, 0.5) is 0 Å². The molecule has 22 nitrogen and oxygen atoms in total. The number of nitrogens with one attached hydrogen (secondary N) is 9. The molecule has 2 fully saturated rings. The molecule has 4 rings (SSSR count). The fraction of sp³-hybridized carbons (Fsp3) is 0.622. The Hall–Kier alpha value is -5.94. The minimum atomic E-state index is -1.48. The minimum Gasteiger partial charge on any atom is -0.508 e. The molecule has 1 aromatic heterocycles. The van der Waals surface area contributed by atoms with Crippen LogP contribution in [-0.4, -0.2) is 155 Å². The van der Waals surface area contributed by atoms with Crippen LogP contribution < -0.4 is 48.3 Å². The molecule has 2 aliphatic heterocycles. The fourth-order valence-electron chi connectivity index (χ4n) is 8.03. The highest BCUT2D eigenvalue weighted by Gasteiger charge is 2.41. The molecule has 2 aromatic rings. The Labute approximate surface area is 399 Å². The molecule has 68 heavy (non-hydrogen) atoms. The second kappa shape index (κ2) is 26.6. The zero-order valence-electron chi connectivity index (χ0n) is 39.5. The number of carbonyl (C=O) groups is 9. The van der Waals surface area contributed by atoms with Crippen LogP contribution in [0.25, 0.3) is 10.9 Å². The number of thioether (sulfide) groups is 1. The van der Waals surface area contributed by atoms with Gasteiger partial charge in [-0.25, -0.2) is 0 Å². The number of aliphatic hydroxyl groups is 1. The topological polar surface area (TPSA) is 335 Å². The van der Waals surface area contributed by atoms with Gasteiger partial charge < -0.3 is 68.4 Å². The lowest BCUT2D eigenvalue weighted by Crippen LogP contribution is -2.61. The maximum absolute atomic E-state index is 14.5. The molecule has 0 spiro atoms. The molecule has 376 valence electrons. The number of aromatic amines is 1. The van der Waals surface area contributed by atoms with Crippen molar-refractivity contribution in [3.05, 3.63) is 23.8 Å². The summed E-state index contributed by atoms with van der Waals surface area (Å²) in [5.74, 6) is -8.28. The number of nitrogens with zero attached hydrogens (tertiary/aromatic N) is 1. The molecule has 3 heterocycles. The van der Waals surface area contributed by atoms with Gasteiger partial charge in [-0.1, -0.05) is 40.0 Å². The Balaban J connectivity index is 1.71. The maximum atomic E-state index is 14.5. The van der Waals surface area contributed by atoms with Crippen LogP contribution >= 0.6 is 11.8 Å². The van der Waals surface area contributed by atoms with E-state index in [9.17, 15) is 53.4 Å². The lowest BCUT2D eigenvalue weighted by atomic mass is 9.94. The number of phenolic OH excluding ortho intramolecular Hbond substituents is 1. The van der Waals surface area contributed by atoms with E-state index in [2.05, 4.69) is 47.5 Å². The Bertz CT molecular complexity index is 2140. The first-order valence-corrected chi connectivity index (χ1v) is 24.5. The Kier molecular flexibility index (Phi) is 21.4. The van der Waals surface area contributed by atoms with Crippen molar-refractivity contribution in [2.45, 2.75) is 127 Å². The van der Waals surface area contributed by atoms with E-state index < -0.39 is 127 Å². The number of aliphatic hydroxyl groups excluding tert-OH is 1. The van der Waals surface area contributed by atoms with Gasteiger partial charge in [0.15, 0.2) is 0 Å². The molecule has 23 heteroatoms. The summed E-state index contributed by atoms with van der Waals surface area (Å²) >= 11 is 1.32. The maximum Gasteiger partial charge on any atom is 0.246 e. The van der Waals surface area contributed by atoms with E-state index in [1.54, 1.807) is 26.2 Å². The van der Waals surface area contributed by atoms with E-state index in [0.717, 1.165) is 19.3 Å². The van der Waals surface area contributed by atoms with Crippen LogP contribution in [0.3, 0.4) is 0 Å². The molecule has 8 atom stereocenters. The molecule has 7 unspecified atom stereocenters. The van der Waals surface area contributed by atoms with Gasteiger partial charge >= 0.3 is 0 Å². The zero-order valence-corrected chi connectivity index (χ0v) is 40.3.